The Kier molecular flexibility index (Phi) is 3.94. The van der Waals surface area contributed by atoms with Gasteiger partial charge in [0.05, 0.1) is 5.39 Å². The standard InChI is InChI=1S/C19H26N4S/c1-2-6-14(5-1)22-9-11-23(12-10-22)18-17-15-7-3-4-8-16(15)24-19(17)21-13-20-18/h13-14H,1-12H2. The molecule has 0 aromatic carbocycles. The van der Waals surface area contributed by atoms with Gasteiger partial charge < -0.3 is 4.90 Å². The number of hydrogen-bond donors (Lipinski definition) is 0. The summed E-state index contributed by atoms with van der Waals surface area (Å²) >= 11 is 1.91. The maximum absolute atomic E-state index is 4.74. The summed E-state index contributed by atoms with van der Waals surface area (Å²) in [5.74, 6) is 1.21. The summed E-state index contributed by atoms with van der Waals surface area (Å²) < 4.78 is 0. The molecule has 5 heteroatoms. The Hall–Kier alpha value is -1.20. The highest BCUT2D eigenvalue weighted by molar-refractivity contribution is 7.19. The summed E-state index contributed by atoms with van der Waals surface area (Å²) in [4.78, 5) is 17.4. The minimum absolute atomic E-state index is 0.853. The molecular formula is C19H26N4S. The highest BCUT2D eigenvalue weighted by atomic mass is 32.1. The number of thiophene rings is 1. The van der Waals surface area contributed by atoms with Crippen molar-refractivity contribution >= 4 is 27.4 Å². The molecule has 3 aliphatic rings. The van der Waals surface area contributed by atoms with Crippen LogP contribution in [-0.2, 0) is 12.8 Å². The summed E-state index contributed by atoms with van der Waals surface area (Å²) in [6, 6.07) is 0.853. The Morgan fingerprint density at radius 2 is 1.71 bits per heavy atom. The van der Waals surface area contributed by atoms with E-state index in [0.29, 0.717) is 0 Å². The molecule has 0 spiro atoms. The van der Waals surface area contributed by atoms with Gasteiger partial charge in [0.25, 0.3) is 0 Å². The first-order valence-electron chi connectivity index (χ1n) is 9.64. The molecule has 2 aromatic rings. The predicted octanol–water partition coefficient (Wildman–Crippen LogP) is 3.63. The minimum Gasteiger partial charge on any atom is -0.353 e. The number of nitrogens with zero attached hydrogens (tertiary/aromatic N) is 4. The highest BCUT2D eigenvalue weighted by Gasteiger charge is 2.28. The van der Waals surface area contributed by atoms with Crippen LogP contribution in [-0.4, -0.2) is 47.1 Å². The highest BCUT2D eigenvalue weighted by Crippen LogP contribution is 2.39. The fourth-order valence-corrected chi connectivity index (χ4v) is 6.11. The van der Waals surface area contributed by atoms with E-state index in [0.717, 1.165) is 19.1 Å². The number of aryl methyl sites for hydroxylation is 2. The molecule has 0 bridgehead atoms. The summed E-state index contributed by atoms with van der Waals surface area (Å²) in [7, 11) is 0. The van der Waals surface area contributed by atoms with Crippen molar-refractivity contribution in [2.75, 3.05) is 31.1 Å². The van der Waals surface area contributed by atoms with Gasteiger partial charge in [0, 0.05) is 37.1 Å². The molecular weight excluding hydrogens is 316 g/mol. The Balaban J connectivity index is 1.42. The van der Waals surface area contributed by atoms with Crippen molar-refractivity contribution in [1.29, 1.82) is 0 Å². The lowest BCUT2D eigenvalue weighted by Crippen LogP contribution is -2.50. The first-order chi connectivity index (χ1) is 11.9. The number of aromatic nitrogens is 2. The van der Waals surface area contributed by atoms with Crippen molar-refractivity contribution in [2.24, 2.45) is 0 Å². The van der Waals surface area contributed by atoms with Crippen LogP contribution in [0.15, 0.2) is 6.33 Å². The zero-order valence-electron chi connectivity index (χ0n) is 14.3. The molecule has 2 aliphatic carbocycles. The van der Waals surface area contributed by atoms with Gasteiger partial charge in [-0.3, -0.25) is 4.90 Å². The van der Waals surface area contributed by atoms with Crippen molar-refractivity contribution in [3.8, 4) is 0 Å². The third kappa shape index (κ3) is 2.53. The topological polar surface area (TPSA) is 32.3 Å². The molecule has 1 aliphatic heterocycles. The number of fused-ring (bicyclic) bond motifs is 3. The summed E-state index contributed by atoms with van der Waals surface area (Å²) in [6.07, 6.45) is 12.6. The third-order valence-corrected chi connectivity index (χ3v) is 7.39. The number of hydrogen-bond acceptors (Lipinski definition) is 5. The van der Waals surface area contributed by atoms with E-state index in [1.807, 2.05) is 11.3 Å². The predicted molar refractivity (Wildman–Crippen MR) is 100 cm³/mol. The second kappa shape index (κ2) is 6.26. The minimum atomic E-state index is 0.853. The van der Waals surface area contributed by atoms with Gasteiger partial charge in [-0.15, -0.1) is 11.3 Å². The van der Waals surface area contributed by atoms with Gasteiger partial charge in [-0.25, -0.2) is 9.97 Å². The van der Waals surface area contributed by atoms with Crippen molar-refractivity contribution in [3.63, 3.8) is 0 Å². The summed E-state index contributed by atoms with van der Waals surface area (Å²) in [5, 5.41) is 1.38. The van der Waals surface area contributed by atoms with Crippen LogP contribution in [0.3, 0.4) is 0 Å². The summed E-state index contributed by atoms with van der Waals surface area (Å²) in [6.45, 7) is 4.63. The maximum atomic E-state index is 4.74. The van der Waals surface area contributed by atoms with E-state index in [9.17, 15) is 0 Å². The molecule has 24 heavy (non-hydrogen) atoms. The van der Waals surface area contributed by atoms with Gasteiger partial charge in [-0.2, -0.15) is 0 Å². The smallest absolute Gasteiger partial charge is 0.141 e. The molecule has 1 saturated heterocycles. The van der Waals surface area contributed by atoms with E-state index in [4.69, 9.17) is 4.98 Å². The van der Waals surface area contributed by atoms with Gasteiger partial charge in [-0.05, 0) is 44.1 Å². The van der Waals surface area contributed by atoms with E-state index in [1.165, 1.54) is 80.5 Å². The van der Waals surface area contributed by atoms with Crippen LogP contribution in [0.2, 0.25) is 0 Å². The van der Waals surface area contributed by atoms with E-state index < -0.39 is 0 Å². The Morgan fingerprint density at radius 1 is 0.917 bits per heavy atom. The average molecular weight is 343 g/mol. The lowest BCUT2D eigenvalue weighted by molar-refractivity contribution is 0.187. The zero-order valence-corrected chi connectivity index (χ0v) is 15.2. The van der Waals surface area contributed by atoms with Crippen molar-refractivity contribution < 1.29 is 0 Å². The van der Waals surface area contributed by atoms with Crippen molar-refractivity contribution in [2.45, 2.75) is 57.4 Å². The van der Waals surface area contributed by atoms with Crippen molar-refractivity contribution in [3.05, 3.63) is 16.8 Å². The molecule has 0 radical (unpaired) electrons. The molecule has 0 amide bonds. The van der Waals surface area contributed by atoms with Gasteiger partial charge in [0.2, 0.25) is 0 Å². The Bertz CT molecular complexity index is 726. The molecule has 4 nitrogen and oxygen atoms in total. The lowest BCUT2D eigenvalue weighted by Gasteiger charge is -2.38. The molecule has 5 rings (SSSR count). The lowest BCUT2D eigenvalue weighted by atomic mass is 9.97. The van der Waals surface area contributed by atoms with Gasteiger partial charge in [-0.1, -0.05) is 12.8 Å². The van der Waals surface area contributed by atoms with Crippen LogP contribution < -0.4 is 4.90 Å². The van der Waals surface area contributed by atoms with E-state index >= 15 is 0 Å². The number of rotatable bonds is 2. The Labute approximate surface area is 147 Å². The number of piperazine rings is 1. The molecule has 0 atom stereocenters. The number of anilines is 1. The average Bonchev–Trinajstić information content (AvgIpc) is 3.29. The van der Waals surface area contributed by atoms with Crippen LogP contribution >= 0.6 is 11.3 Å². The summed E-state index contributed by atoms with van der Waals surface area (Å²) in [5.41, 5.74) is 1.56. The van der Waals surface area contributed by atoms with E-state index in [2.05, 4.69) is 14.8 Å². The molecule has 2 fully saturated rings. The molecule has 2 aromatic heterocycles. The largest absolute Gasteiger partial charge is 0.353 e. The fourth-order valence-electron chi connectivity index (χ4n) is 4.88. The normalized spacial score (nSPS) is 23.1. The quantitative estimate of drug-likeness (QED) is 0.834. The molecule has 128 valence electrons. The van der Waals surface area contributed by atoms with Gasteiger partial charge in [0.15, 0.2) is 0 Å². The van der Waals surface area contributed by atoms with Crippen LogP contribution in [0.5, 0.6) is 0 Å². The van der Waals surface area contributed by atoms with Crippen LogP contribution in [0.4, 0.5) is 5.82 Å². The molecule has 0 N–H and O–H groups in total. The second-order valence-electron chi connectivity index (χ2n) is 7.55. The first-order valence-corrected chi connectivity index (χ1v) is 10.5. The van der Waals surface area contributed by atoms with E-state index in [-0.39, 0.29) is 0 Å². The van der Waals surface area contributed by atoms with Crippen LogP contribution in [0.25, 0.3) is 10.2 Å². The fraction of sp³-hybridized carbons (Fsp3) is 0.684. The maximum Gasteiger partial charge on any atom is 0.141 e. The van der Waals surface area contributed by atoms with Gasteiger partial charge in [0.1, 0.15) is 17.0 Å². The van der Waals surface area contributed by atoms with Crippen LogP contribution in [0.1, 0.15) is 49.0 Å². The molecule has 0 unspecified atom stereocenters. The third-order valence-electron chi connectivity index (χ3n) is 6.19. The molecule has 1 saturated carbocycles. The van der Waals surface area contributed by atoms with Crippen LogP contribution in [0, 0.1) is 0 Å². The van der Waals surface area contributed by atoms with Crippen molar-refractivity contribution in [1.82, 2.24) is 14.9 Å². The zero-order chi connectivity index (χ0) is 15.9. The monoisotopic (exact) mass is 342 g/mol. The second-order valence-corrected chi connectivity index (χ2v) is 8.63. The SMILES string of the molecule is c1nc(N2CCN(C3CCCC3)CC2)c2c3c(sc2n1)CCCC3. The van der Waals surface area contributed by atoms with Gasteiger partial charge >= 0.3 is 0 Å². The first kappa shape index (κ1) is 15.1. The molecule has 3 heterocycles. The van der Waals surface area contributed by atoms with E-state index in [1.54, 1.807) is 16.8 Å². The Morgan fingerprint density at radius 3 is 2.54 bits per heavy atom.